The van der Waals surface area contributed by atoms with Gasteiger partial charge in [0.05, 0.1) is 25.9 Å². The standard InChI is InChI=1S/C26H36N4O3.C2H6/c1-20(2)32-16-10-26(3,4)33-25-24(19-27)23(9-11-29-25)21-5-7-22(8-6-21)28-12-13-30-14-17-31-18-15-30;1-2/h5-9,11,20,28H,10,12-18H2,1-4H3;1-2H3. The smallest absolute Gasteiger partial charge is 0.232 e. The number of anilines is 1. The molecule has 2 aromatic rings. The molecule has 1 saturated heterocycles. The highest BCUT2D eigenvalue weighted by Gasteiger charge is 2.24. The largest absolute Gasteiger partial charge is 0.471 e. The van der Waals surface area contributed by atoms with E-state index in [0.29, 0.717) is 24.5 Å². The van der Waals surface area contributed by atoms with Crippen molar-refractivity contribution in [3.8, 4) is 23.1 Å². The highest BCUT2D eigenvalue weighted by Crippen LogP contribution is 2.31. The Kier molecular flexibility index (Phi) is 12.0. The number of hydrogen-bond acceptors (Lipinski definition) is 7. The Morgan fingerprint density at radius 2 is 1.83 bits per heavy atom. The van der Waals surface area contributed by atoms with E-state index in [9.17, 15) is 5.26 Å². The van der Waals surface area contributed by atoms with Crippen molar-refractivity contribution in [1.82, 2.24) is 9.88 Å². The Labute approximate surface area is 211 Å². The second-order valence-corrected chi connectivity index (χ2v) is 9.14. The van der Waals surface area contributed by atoms with Crippen molar-refractivity contribution >= 4 is 5.69 Å². The molecule has 1 aromatic carbocycles. The molecule has 3 rings (SSSR count). The molecule has 0 radical (unpaired) electrons. The highest BCUT2D eigenvalue weighted by atomic mass is 16.5. The summed E-state index contributed by atoms with van der Waals surface area (Å²) in [6.45, 7) is 18.1. The molecule has 1 fully saturated rings. The third kappa shape index (κ3) is 9.48. The van der Waals surface area contributed by atoms with Gasteiger partial charge < -0.3 is 19.5 Å². The molecular formula is C28H42N4O3. The second kappa shape index (κ2) is 14.7. The average molecular weight is 483 g/mol. The van der Waals surface area contributed by atoms with Gasteiger partial charge in [0.25, 0.3) is 0 Å². The zero-order valence-electron chi connectivity index (χ0n) is 22.3. The van der Waals surface area contributed by atoms with Crippen LogP contribution in [0.3, 0.4) is 0 Å². The molecule has 192 valence electrons. The Bertz CT molecular complexity index is 917. The minimum atomic E-state index is -0.500. The molecule has 1 N–H and O–H groups in total. The molecule has 1 aliphatic rings. The SMILES string of the molecule is CC.CC(C)OCCC(C)(C)Oc1nccc(-c2ccc(NCCN3CCOCC3)cc2)c1C#N. The normalized spacial score (nSPS) is 14.1. The first kappa shape index (κ1) is 28.6. The molecule has 0 atom stereocenters. The molecule has 2 heterocycles. The highest BCUT2D eigenvalue weighted by molar-refractivity contribution is 5.73. The van der Waals surface area contributed by atoms with Gasteiger partial charge >= 0.3 is 0 Å². The van der Waals surface area contributed by atoms with Crippen molar-refractivity contribution in [2.45, 2.75) is 59.7 Å². The first-order valence-electron chi connectivity index (χ1n) is 12.7. The van der Waals surface area contributed by atoms with E-state index in [-0.39, 0.29) is 6.10 Å². The topological polar surface area (TPSA) is 79.6 Å². The van der Waals surface area contributed by atoms with Crippen LogP contribution >= 0.6 is 0 Å². The summed E-state index contributed by atoms with van der Waals surface area (Å²) in [4.78, 5) is 6.76. The monoisotopic (exact) mass is 482 g/mol. The van der Waals surface area contributed by atoms with Crippen LogP contribution in [0.4, 0.5) is 5.69 Å². The van der Waals surface area contributed by atoms with Crippen molar-refractivity contribution in [3.05, 3.63) is 42.1 Å². The van der Waals surface area contributed by atoms with Crippen LogP contribution in [-0.2, 0) is 9.47 Å². The Morgan fingerprint density at radius 3 is 2.46 bits per heavy atom. The third-order valence-electron chi connectivity index (χ3n) is 5.61. The minimum absolute atomic E-state index is 0.175. The minimum Gasteiger partial charge on any atom is -0.471 e. The maximum absolute atomic E-state index is 9.88. The summed E-state index contributed by atoms with van der Waals surface area (Å²) in [5, 5.41) is 13.4. The van der Waals surface area contributed by atoms with E-state index >= 15 is 0 Å². The number of morpholine rings is 1. The van der Waals surface area contributed by atoms with Crippen LogP contribution in [0.1, 0.15) is 53.5 Å². The zero-order valence-corrected chi connectivity index (χ0v) is 22.3. The molecule has 7 heteroatoms. The maximum Gasteiger partial charge on any atom is 0.232 e. The van der Waals surface area contributed by atoms with Gasteiger partial charge in [-0.3, -0.25) is 4.90 Å². The van der Waals surface area contributed by atoms with Crippen LogP contribution in [0.25, 0.3) is 11.1 Å². The number of rotatable bonds is 11. The first-order valence-corrected chi connectivity index (χ1v) is 12.7. The first-order chi connectivity index (χ1) is 16.9. The van der Waals surface area contributed by atoms with Crippen molar-refractivity contribution in [2.75, 3.05) is 51.3 Å². The number of hydrogen-bond donors (Lipinski definition) is 1. The van der Waals surface area contributed by atoms with Crippen LogP contribution in [0.5, 0.6) is 5.88 Å². The number of ether oxygens (including phenoxy) is 3. The number of nitriles is 1. The lowest BCUT2D eigenvalue weighted by atomic mass is 10.0. The van der Waals surface area contributed by atoms with Crippen LogP contribution in [0.2, 0.25) is 0 Å². The lowest BCUT2D eigenvalue weighted by Gasteiger charge is -2.27. The Balaban J connectivity index is 0.00000210. The van der Waals surface area contributed by atoms with Gasteiger partial charge in [-0.2, -0.15) is 5.26 Å². The Morgan fingerprint density at radius 1 is 1.14 bits per heavy atom. The van der Waals surface area contributed by atoms with Gasteiger partial charge in [-0.25, -0.2) is 4.98 Å². The number of benzene rings is 1. The van der Waals surface area contributed by atoms with E-state index in [0.717, 1.165) is 56.2 Å². The van der Waals surface area contributed by atoms with Gasteiger partial charge in [0.15, 0.2) is 0 Å². The Hall–Kier alpha value is -2.66. The maximum atomic E-state index is 9.88. The van der Waals surface area contributed by atoms with Crippen molar-refractivity contribution < 1.29 is 14.2 Å². The molecule has 0 bridgehead atoms. The lowest BCUT2D eigenvalue weighted by Crippen LogP contribution is -2.38. The predicted octanol–water partition coefficient (Wildman–Crippen LogP) is 5.36. The van der Waals surface area contributed by atoms with Gasteiger partial charge in [-0.1, -0.05) is 26.0 Å². The van der Waals surface area contributed by atoms with Gasteiger partial charge in [0, 0.05) is 50.0 Å². The van der Waals surface area contributed by atoms with Gasteiger partial charge in [-0.15, -0.1) is 0 Å². The summed E-state index contributed by atoms with van der Waals surface area (Å²) in [7, 11) is 0. The number of aromatic nitrogens is 1. The molecule has 1 aromatic heterocycles. The fourth-order valence-electron chi connectivity index (χ4n) is 3.67. The molecule has 0 amide bonds. The number of nitrogens with one attached hydrogen (secondary N) is 1. The summed E-state index contributed by atoms with van der Waals surface area (Å²) < 4.78 is 17.2. The number of nitrogens with zero attached hydrogens (tertiary/aromatic N) is 3. The number of pyridine rings is 1. The van der Waals surface area contributed by atoms with E-state index in [1.165, 1.54) is 0 Å². The molecule has 7 nitrogen and oxygen atoms in total. The summed E-state index contributed by atoms with van der Waals surface area (Å²) in [6, 6.07) is 12.3. The predicted molar refractivity (Wildman–Crippen MR) is 142 cm³/mol. The van der Waals surface area contributed by atoms with Crippen LogP contribution in [0.15, 0.2) is 36.5 Å². The molecule has 1 aliphatic heterocycles. The molecule has 0 unspecified atom stereocenters. The summed E-state index contributed by atoms with van der Waals surface area (Å²) >= 11 is 0. The average Bonchev–Trinajstić information content (AvgIpc) is 2.85. The van der Waals surface area contributed by atoms with Gasteiger partial charge in [-0.05, 0) is 51.5 Å². The quantitative estimate of drug-likeness (QED) is 0.462. The van der Waals surface area contributed by atoms with E-state index in [1.54, 1.807) is 6.20 Å². The molecule has 0 spiro atoms. The second-order valence-electron chi connectivity index (χ2n) is 9.14. The van der Waals surface area contributed by atoms with E-state index in [4.69, 9.17) is 14.2 Å². The van der Waals surface area contributed by atoms with E-state index in [1.807, 2.05) is 71.9 Å². The van der Waals surface area contributed by atoms with E-state index < -0.39 is 5.60 Å². The summed E-state index contributed by atoms with van der Waals surface area (Å²) in [5.41, 5.74) is 2.78. The summed E-state index contributed by atoms with van der Waals surface area (Å²) in [6.07, 6.45) is 2.57. The van der Waals surface area contributed by atoms with Crippen molar-refractivity contribution in [1.29, 1.82) is 5.26 Å². The zero-order chi connectivity index (χ0) is 25.7. The van der Waals surface area contributed by atoms with Crippen molar-refractivity contribution in [3.63, 3.8) is 0 Å². The van der Waals surface area contributed by atoms with Crippen LogP contribution in [0, 0.1) is 11.3 Å². The summed E-state index contributed by atoms with van der Waals surface area (Å²) in [5.74, 6) is 0.359. The van der Waals surface area contributed by atoms with E-state index in [2.05, 4.69) is 21.3 Å². The van der Waals surface area contributed by atoms with Gasteiger partial charge in [0.2, 0.25) is 5.88 Å². The molecule has 0 aliphatic carbocycles. The fourth-order valence-corrected chi connectivity index (χ4v) is 3.67. The fraction of sp³-hybridized carbons (Fsp3) is 0.571. The molecule has 0 saturated carbocycles. The van der Waals surface area contributed by atoms with Crippen molar-refractivity contribution in [2.24, 2.45) is 0 Å². The molecule has 35 heavy (non-hydrogen) atoms. The van der Waals surface area contributed by atoms with Crippen LogP contribution < -0.4 is 10.1 Å². The lowest BCUT2D eigenvalue weighted by molar-refractivity contribution is 0.0210. The molecular weight excluding hydrogens is 440 g/mol. The van der Waals surface area contributed by atoms with Crippen LogP contribution in [-0.4, -0.2) is 67.6 Å². The third-order valence-corrected chi connectivity index (χ3v) is 5.61. The van der Waals surface area contributed by atoms with Gasteiger partial charge in [0.1, 0.15) is 17.2 Å².